The molecule has 1 unspecified atom stereocenters. The molecule has 0 bridgehead atoms. The highest BCUT2D eigenvalue weighted by Gasteiger charge is 2.23. The fourth-order valence-corrected chi connectivity index (χ4v) is 2.44. The van der Waals surface area contributed by atoms with Crippen molar-refractivity contribution in [3.63, 3.8) is 0 Å². The Kier molecular flexibility index (Phi) is 6.05. The molecule has 2 N–H and O–H groups in total. The summed E-state index contributed by atoms with van der Waals surface area (Å²) >= 11 is 0. The first kappa shape index (κ1) is 18.4. The van der Waals surface area contributed by atoms with Gasteiger partial charge in [0.25, 0.3) is 5.91 Å². The molecule has 0 saturated carbocycles. The Bertz CT molecular complexity index is 781. The molecule has 25 heavy (non-hydrogen) atoms. The third kappa shape index (κ3) is 4.32. The Morgan fingerprint density at radius 1 is 1.36 bits per heavy atom. The van der Waals surface area contributed by atoms with Crippen LogP contribution in [0.2, 0.25) is 0 Å². The van der Waals surface area contributed by atoms with Crippen molar-refractivity contribution in [1.82, 2.24) is 15.1 Å². The number of nitrogens with one attached hydrogen (secondary N) is 1. The molecular formula is C18H20FN3O3. The van der Waals surface area contributed by atoms with Crippen LogP contribution < -0.4 is 5.32 Å². The summed E-state index contributed by atoms with van der Waals surface area (Å²) in [6, 6.07) is 4.74. The molecule has 0 aliphatic carbocycles. The van der Waals surface area contributed by atoms with Gasteiger partial charge in [0.1, 0.15) is 11.9 Å². The molecule has 1 amide bonds. The van der Waals surface area contributed by atoms with Gasteiger partial charge in [-0.05, 0) is 44.0 Å². The number of carbonyl (C=O) groups excluding carboxylic acids is 1. The molecule has 7 heteroatoms. The van der Waals surface area contributed by atoms with Crippen molar-refractivity contribution >= 4 is 11.9 Å². The molecule has 0 saturated heterocycles. The minimum atomic E-state index is -1.10. The van der Waals surface area contributed by atoms with Gasteiger partial charge in [-0.25, -0.2) is 13.9 Å². The molecule has 0 aliphatic heterocycles. The lowest BCUT2D eigenvalue weighted by Gasteiger charge is -2.13. The summed E-state index contributed by atoms with van der Waals surface area (Å²) in [6.07, 6.45) is 5.51. The van der Waals surface area contributed by atoms with Crippen LogP contribution in [0.25, 0.3) is 5.69 Å². The lowest BCUT2D eigenvalue weighted by atomic mass is 10.1. The van der Waals surface area contributed by atoms with Gasteiger partial charge >= 0.3 is 5.97 Å². The van der Waals surface area contributed by atoms with E-state index in [0.717, 1.165) is 0 Å². The second kappa shape index (κ2) is 8.23. The number of rotatable bonds is 7. The number of benzene rings is 1. The van der Waals surface area contributed by atoms with E-state index in [1.54, 1.807) is 35.9 Å². The lowest BCUT2D eigenvalue weighted by Crippen LogP contribution is -2.40. The number of hydrogen-bond donors (Lipinski definition) is 2. The first-order chi connectivity index (χ1) is 12.0. The summed E-state index contributed by atoms with van der Waals surface area (Å²) in [4.78, 5) is 23.8. The van der Waals surface area contributed by atoms with Crippen LogP contribution in [-0.2, 0) is 11.2 Å². The number of aliphatic carboxylic acids is 1. The smallest absolute Gasteiger partial charge is 0.326 e. The third-order valence-electron chi connectivity index (χ3n) is 3.73. The van der Waals surface area contributed by atoms with E-state index in [1.165, 1.54) is 18.3 Å². The zero-order valence-corrected chi connectivity index (χ0v) is 14.1. The summed E-state index contributed by atoms with van der Waals surface area (Å²) in [5.41, 5.74) is 1.55. The number of carbonyl (C=O) groups is 2. The molecule has 0 radical (unpaired) electrons. The molecule has 0 spiro atoms. The van der Waals surface area contributed by atoms with Crippen LogP contribution in [0.4, 0.5) is 4.39 Å². The third-order valence-corrected chi connectivity index (χ3v) is 3.73. The van der Waals surface area contributed by atoms with E-state index in [2.05, 4.69) is 10.4 Å². The van der Waals surface area contributed by atoms with Crippen molar-refractivity contribution < 1.29 is 19.1 Å². The highest BCUT2D eigenvalue weighted by Crippen LogP contribution is 2.16. The van der Waals surface area contributed by atoms with Gasteiger partial charge in [-0.3, -0.25) is 4.79 Å². The van der Waals surface area contributed by atoms with E-state index < -0.39 is 17.9 Å². The highest BCUT2D eigenvalue weighted by atomic mass is 19.1. The maximum absolute atomic E-state index is 13.1. The molecule has 132 valence electrons. The molecule has 1 aromatic heterocycles. The summed E-state index contributed by atoms with van der Waals surface area (Å²) < 4.78 is 14.6. The van der Waals surface area contributed by atoms with Crippen LogP contribution >= 0.6 is 0 Å². The Labute approximate surface area is 145 Å². The molecule has 2 aromatic rings. The number of allylic oxidation sites excluding steroid dienone is 1. The van der Waals surface area contributed by atoms with Crippen LogP contribution in [0, 0.1) is 5.82 Å². The fourth-order valence-electron chi connectivity index (χ4n) is 2.44. The van der Waals surface area contributed by atoms with Crippen molar-refractivity contribution in [3.8, 4) is 5.69 Å². The maximum atomic E-state index is 13.1. The molecule has 1 heterocycles. The average Bonchev–Trinajstić information content (AvgIpc) is 3.02. The van der Waals surface area contributed by atoms with E-state index in [1.807, 2.05) is 6.92 Å². The highest BCUT2D eigenvalue weighted by molar-refractivity contribution is 5.97. The van der Waals surface area contributed by atoms with Crippen molar-refractivity contribution in [1.29, 1.82) is 0 Å². The van der Waals surface area contributed by atoms with Crippen LogP contribution in [0.5, 0.6) is 0 Å². The van der Waals surface area contributed by atoms with E-state index in [0.29, 0.717) is 23.4 Å². The molecule has 6 nitrogen and oxygen atoms in total. The largest absolute Gasteiger partial charge is 0.480 e. The molecule has 2 rings (SSSR count). The molecule has 1 atom stereocenters. The standard InChI is InChI=1S/C18H20FN3O3/c1-3-5-6-15(18(24)25)21-17(23)14-11-20-22(16(14)4-2)13-9-7-12(19)8-10-13/h3,5,7-11,15H,4,6H2,1-2H3,(H,21,23)(H,24,25)/b5-3+. The Morgan fingerprint density at radius 3 is 2.60 bits per heavy atom. The number of hydrogen-bond acceptors (Lipinski definition) is 3. The van der Waals surface area contributed by atoms with E-state index in [-0.39, 0.29) is 12.2 Å². The second-order valence-corrected chi connectivity index (χ2v) is 5.42. The number of amides is 1. The van der Waals surface area contributed by atoms with Crippen LogP contribution in [-0.4, -0.2) is 32.8 Å². The van der Waals surface area contributed by atoms with Crippen molar-refractivity contribution in [2.75, 3.05) is 0 Å². The Morgan fingerprint density at radius 2 is 2.04 bits per heavy atom. The van der Waals surface area contributed by atoms with Gasteiger partial charge in [0.05, 0.1) is 23.1 Å². The predicted octanol–water partition coefficient (Wildman–Crippen LogP) is 2.72. The topological polar surface area (TPSA) is 84.2 Å². The van der Waals surface area contributed by atoms with Gasteiger partial charge in [0, 0.05) is 0 Å². The first-order valence-corrected chi connectivity index (χ1v) is 7.95. The minimum Gasteiger partial charge on any atom is -0.480 e. The second-order valence-electron chi connectivity index (χ2n) is 5.42. The van der Waals surface area contributed by atoms with Crippen LogP contribution in [0.15, 0.2) is 42.6 Å². The van der Waals surface area contributed by atoms with E-state index in [4.69, 9.17) is 0 Å². The van der Waals surface area contributed by atoms with Gasteiger partial charge in [-0.2, -0.15) is 5.10 Å². The first-order valence-electron chi connectivity index (χ1n) is 7.95. The number of aromatic nitrogens is 2. The normalized spacial score (nSPS) is 12.3. The SMILES string of the molecule is C/C=C/CC(NC(=O)c1cnn(-c2ccc(F)cc2)c1CC)C(=O)O. The summed E-state index contributed by atoms with van der Waals surface area (Å²) in [5.74, 6) is -1.96. The zero-order chi connectivity index (χ0) is 18.4. The molecular weight excluding hydrogens is 325 g/mol. The number of carboxylic acids is 1. The maximum Gasteiger partial charge on any atom is 0.326 e. The fraction of sp³-hybridized carbons (Fsp3) is 0.278. The van der Waals surface area contributed by atoms with Gasteiger partial charge < -0.3 is 10.4 Å². The minimum absolute atomic E-state index is 0.200. The monoisotopic (exact) mass is 345 g/mol. The van der Waals surface area contributed by atoms with Crippen LogP contribution in [0.3, 0.4) is 0 Å². The van der Waals surface area contributed by atoms with Gasteiger partial charge in [0.15, 0.2) is 0 Å². The zero-order valence-electron chi connectivity index (χ0n) is 14.1. The number of carboxylic acid groups (broad SMARTS) is 1. The van der Waals surface area contributed by atoms with E-state index >= 15 is 0 Å². The number of nitrogens with zero attached hydrogens (tertiary/aromatic N) is 2. The van der Waals surface area contributed by atoms with Crippen molar-refractivity contribution in [3.05, 3.63) is 59.7 Å². The van der Waals surface area contributed by atoms with E-state index in [9.17, 15) is 19.1 Å². The lowest BCUT2D eigenvalue weighted by molar-refractivity contribution is -0.139. The van der Waals surface area contributed by atoms with Gasteiger partial charge in [0.2, 0.25) is 0 Å². The van der Waals surface area contributed by atoms with Gasteiger partial charge in [-0.15, -0.1) is 0 Å². The molecule has 0 fully saturated rings. The Hall–Kier alpha value is -2.96. The van der Waals surface area contributed by atoms with Crippen LogP contribution in [0.1, 0.15) is 36.3 Å². The van der Waals surface area contributed by atoms with Crippen molar-refractivity contribution in [2.45, 2.75) is 32.7 Å². The van der Waals surface area contributed by atoms with Gasteiger partial charge in [-0.1, -0.05) is 19.1 Å². The quantitative estimate of drug-likeness (QED) is 0.756. The predicted molar refractivity (Wildman–Crippen MR) is 91.2 cm³/mol. The Balaban J connectivity index is 2.28. The summed E-state index contributed by atoms with van der Waals surface area (Å²) in [6.45, 7) is 3.64. The summed E-state index contributed by atoms with van der Waals surface area (Å²) in [5, 5.41) is 15.9. The molecule has 0 aliphatic rings. The summed E-state index contributed by atoms with van der Waals surface area (Å²) in [7, 11) is 0. The molecule has 1 aromatic carbocycles. The number of halogens is 1. The average molecular weight is 345 g/mol. The van der Waals surface area contributed by atoms with Crippen molar-refractivity contribution in [2.24, 2.45) is 0 Å².